The lowest BCUT2D eigenvalue weighted by Crippen LogP contribution is -2.20. The molecule has 0 fully saturated rings. The molecular formula is C22H14F6N6O. The summed E-state index contributed by atoms with van der Waals surface area (Å²) in [6.45, 7) is 0. The number of carbonyl (C=O) groups is 1. The van der Waals surface area contributed by atoms with E-state index in [9.17, 15) is 31.1 Å². The maximum atomic E-state index is 14.0. The van der Waals surface area contributed by atoms with Gasteiger partial charge in [0.05, 0.1) is 22.4 Å². The van der Waals surface area contributed by atoms with Crippen LogP contribution in [0.1, 0.15) is 11.1 Å². The van der Waals surface area contributed by atoms with E-state index in [4.69, 9.17) is 5.73 Å². The Balaban J connectivity index is 2.09. The highest BCUT2D eigenvalue weighted by atomic mass is 19.4. The lowest BCUT2D eigenvalue weighted by Gasteiger charge is -2.21. The molecule has 35 heavy (non-hydrogen) atoms. The van der Waals surface area contributed by atoms with Gasteiger partial charge in [0, 0.05) is 5.56 Å². The fourth-order valence-electron chi connectivity index (χ4n) is 3.66. The molecule has 0 saturated heterocycles. The maximum Gasteiger partial charge on any atom is 0.417 e. The molecule has 3 aromatic carbocycles. The first-order valence-electron chi connectivity index (χ1n) is 9.78. The number of hydrogen-bond acceptors (Lipinski definition) is 4. The van der Waals surface area contributed by atoms with Crippen molar-refractivity contribution in [3.05, 3.63) is 71.8 Å². The number of tetrazole rings is 1. The molecular weight excluding hydrogens is 478 g/mol. The average molecular weight is 492 g/mol. The van der Waals surface area contributed by atoms with Crippen molar-refractivity contribution >= 4 is 11.7 Å². The number of urea groups is 1. The van der Waals surface area contributed by atoms with Gasteiger partial charge < -0.3 is 11.1 Å². The third-order valence-electron chi connectivity index (χ3n) is 5.07. The second-order valence-electron chi connectivity index (χ2n) is 7.27. The number of H-pyrrole nitrogens is 1. The molecule has 0 spiro atoms. The van der Waals surface area contributed by atoms with Gasteiger partial charge >= 0.3 is 18.4 Å². The number of halogens is 6. The van der Waals surface area contributed by atoms with Gasteiger partial charge in [0.15, 0.2) is 5.82 Å². The number of carbonyl (C=O) groups excluding carboxylic acids is 1. The van der Waals surface area contributed by atoms with Crippen molar-refractivity contribution < 1.29 is 31.1 Å². The van der Waals surface area contributed by atoms with Crippen molar-refractivity contribution in [3.63, 3.8) is 0 Å². The summed E-state index contributed by atoms with van der Waals surface area (Å²) in [7, 11) is 0. The van der Waals surface area contributed by atoms with Gasteiger partial charge in [-0.15, -0.1) is 5.10 Å². The van der Waals surface area contributed by atoms with Gasteiger partial charge in [-0.1, -0.05) is 36.4 Å². The van der Waals surface area contributed by atoms with Crippen LogP contribution in [0.25, 0.3) is 33.6 Å². The summed E-state index contributed by atoms with van der Waals surface area (Å²) in [5.41, 5.74) is 3.18. The first-order chi connectivity index (χ1) is 16.5. The van der Waals surface area contributed by atoms with Gasteiger partial charge in [-0.25, -0.2) is 9.89 Å². The molecule has 4 N–H and O–H groups in total. The van der Waals surface area contributed by atoms with Gasteiger partial charge in [0.2, 0.25) is 0 Å². The predicted octanol–water partition coefficient (Wildman–Crippen LogP) is 5.73. The number of amides is 2. The van der Waals surface area contributed by atoms with Crippen molar-refractivity contribution in [2.45, 2.75) is 12.4 Å². The molecule has 4 rings (SSSR count). The molecule has 0 aliphatic carbocycles. The third-order valence-corrected chi connectivity index (χ3v) is 5.07. The van der Waals surface area contributed by atoms with E-state index in [2.05, 4.69) is 25.9 Å². The Hall–Kier alpha value is -4.42. The predicted molar refractivity (Wildman–Crippen MR) is 114 cm³/mol. The number of rotatable bonds is 4. The zero-order chi connectivity index (χ0) is 25.4. The van der Waals surface area contributed by atoms with Crippen molar-refractivity contribution in [2.75, 3.05) is 5.32 Å². The average Bonchev–Trinajstić information content (AvgIpc) is 3.32. The Morgan fingerprint density at radius 2 is 1.51 bits per heavy atom. The minimum atomic E-state index is -4.78. The zero-order valence-corrected chi connectivity index (χ0v) is 17.4. The van der Waals surface area contributed by atoms with E-state index in [0.29, 0.717) is 0 Å². The number of aromatic nitrogens is 4. The molecule has 1 heterocycles. The van der Waals surface area contributed by atoms with Gasteiger partial charge in [0.25, 0.3) is 0 Å². The molecule has 4 aromatic rings. The Kier molecular flexibility index (Phi) is 5.92. The van der Waals surface area contributed by atoms with Gasteiger partial charge in [-0.05, 0) is 51.4 Å². The lowest BCUT2D eigenvalue weighted by molar-refractivity contribution is -0.138. The summed E-state index contributed by atoms with van der Waals surface area (Å²) >= 11 is 0. The Morgan fingerprint density at radius 3 is 2.09 bits per heavy atom. The number of nitrogens with two attached hydrogens (primary N) is 1. The zero-order valence-electron chi connectivity index (χ0n) is 17.4. The van der Waals surface area contributed by atoms with Crippen LogP contribution in [0.4, 0.5) is 36.8 Å². The largest absolute Gasteiger partial charge is 0.417 e. The second kappa shape index (κ2) is 8.74. The minimum absolute atomic E-state index is 0.0151. The van der Waals surface area contributed by atoms with Crippen LogP contribution >= 0.6 is 0 Å². The Labute approximate surface area is 193 Å². The van der Waals surface area contributed by atoms with Gasteiger partial charge in [-0.3, -0.25) is 0 Å². The summed E-state index contributed by atoms with van der Waals surface area (Å²) in [4.78, 5) is 11.6. The van der Waals surface area contributed by atoms with Crippen molar-refractivity contribution in [3.8, 4) is 33.6 Å². The van der Waals surface area contributed by atoms with E-state index in [-0.39, 0.29) is 39.3 Å². The van der Waals surface area contributed by atoms with Gasteiger partial charge in [-0.2, -0.15) is 26.3 Å². The Morgan fingerprint density at radius 1 is 0.829 bits per heavy atom. The Bertz CT molecular complexity index is 1360. The van der Waals surface area contributed by atoms with Crippen LogP contribution in [0, 0.1) is 0 Å². The standard InChI is InChI=1S/C22H14F6N6O/c23-21(24,25)12-7-5-11(6-8-12)13-9-10-16(30-20(29)35)18(19-31-33-34-32-19)17(13)14-3-1-2-4-15(14)22(26,27)28/h1-10H,(H3,29,30,35)(H,31,32,33,34). The number of anilines is 1. The number of hydrogen-bond donors (Lipinski definition) is 3. The number of primary amides is 1. The molecule has 7 nitrogen and oxygen atoms in total. The summed E-state index contributed by atoms with van der Waals surface area (Å²) in [5.74, 6) is -0.102. The molecule has 2 amide bonds. The fourth-order valence-corrected chi connectivity index (χ4v) is 3.66. The molecule has 1 aromatic heterocycles. The lowest BCUT2D eigenvalue weighted by atomic mass is 9.86. The topological polar surface area (TPSA) is 110 Å². The van der Waals surface area contributed by atoms with E-state index in [1.165, 1.54) is 30.3 Å². The van der Waals surface area contributed by atoms with E-state index in [1.807, 2.05) is 0 Å². The fraction of sp³-hybridized carbons (Fsp3) is 0.0909. The second-order valence-corrected chi connectivity index (χ2v) is 7.27. The molecule has 13 heteroatoms. The normalized spacial score (nSPS) is 11.9. The van der Waals surface area contributed by atoms with Crippen LogP contribution in [0.15, 0.2) is 60.7 Å². The van der Waals surface area contributed by atoms with Crippen LogP contribution in [0.2, 0.25) is 0 Å². The van der Waals surface area contributed by atoms with Crippen molar-refractivity contribution in [1.82, 2.24) is 20.6 Å². The summed E-state index contributed by atoms with van der Waals surface area (Å²) in [6, 6.07) is 10.3. The van der Waals surface area contributed by atoms with E-state index >= 15 is 0 Å². The summed E-state index contributed by atoms with van der Waals surface area (Å²) < 4.78 is 81.1. The van der Waals surface area contributed by atoms with Crippen LogP contribution in [-0.4, -0.2) is 26.7 Å². The highest BCUT2D eigenvalue weighted by Gasteiger charge is 2.35. The van der Waals surface area contributed by atoms with E-state index in [1.54, 1.807) is 0 Å². The smallest absolute Gasteiger partial charge is 0.351 e. The van der Waals surface area contributed by atoms with Gasteiger partial charge in [0.1, 0.15) is 0 Å². The number of nitrogens with zero attached hydrogens (tertiary/aromatic N) is 3. The number of alkyl halides is 6. The monoisotopic (exact) mass is 492 g/mol. The summed E-state index contributed by atoms with van der Waals surface area (Å²) in [6.07, 6.45) is -9.38. The summed E-state index contributed by atoms with van der Waals surface area (Å²) in [5, 5.41) is 15.5. The first-order valence-corrected chi connectivity index (χ1v) is 9.78. The number of aromatic amines is 1. The van der Waals surface area contributed by atoms with Crippen LogP contribution in [0.5, 0.6) is 0 Å². The minimum Gasteiger partial charge on any atom is -0.351 e. The number of nitrogens with one attached hydrogen (secondary N) is 2. The van der Waals surface area contributed by atoms with Crippen molar-refractivity contribution in [2.24, 2.45) is 5.73 Å². The molecule has 0 aliphatic heterocycles. The molecule has 0 atom stereocenters. The molecule has 0 radical (unpaired) electrons. The SMILES string of the molecule is NC(=O)Nc1ccc(-c2ccc(C(F)(F)F)cc2)c(-c2ccccc2C(F)(F)F)c1-c1nnn[nH]1. The first kappa shape index (κ1) is 23.7. The maximum absolute atomic E-state index is 14.0. The number of benzene rings is 3. The van der Waals surface area contributed by atoms with Crippen LogP contribution in [0.3, 0.4) is 0 Å². The van der Waals surface area contributed by atoms with Crippen LogP contribution < -0.4 is 11.1 Å². The van der Waals surface area contributed by atoms with Crippen LogP contribution in [-0.2, 0) is 12.4 Å². The molecule has 0 saturated carbocycles. The molecule has 180 valence electrons. The van der Waals surface area contributed by atoms with Crippen molar-refractivity contribution in [1.29, 1.82) is 0 Å². The molecule has 0 aliphatic rings. The third kappa shape index (κ3) is 4.78. The highest BCUT2D eigenvalue weighted by molar-refractivity contribution is 6.03. The van der Waals surface area contributed by atoms with E-state index in [0.717, 1.165) is 30.3 Å². The van der Waals surface area contributed by atoms with E-state index < -0.39 is 29.5 Å². The molecule has 0 unspecified atom stereocenters. The molecule has 0 bridgehead atoms. The highest BCUT2D eigenvalue weighted by Crippen LogP contribution is 2.47. The quantitative estimate of drug-likeness (QED) is 0.316.